The Hall–Kier alpha value is -2.97. The minimum atomic E-state index is 0.122. The first-order valence-corrected chi connectivity index (χ1v) is 9.26. The summed E-state index contributed by atoms with van der Waals surface area (Å²) in [5.41, 5.74) is 2.47. The highest BCUT2D eigenvalue weighted by Crippen LogP contribution is 2.15. The van der Waals surface area contributed by atoms with Crippen molar-refractivity contribution in [3.63, 3.8) is 0 Å². The number of carbonyl (C=O) groups excluding carboxylic acids is 1. The van der Waals surface area contributed by atoms with Crippen molar-refractivity contribution >= 4 is 31.9 Å². The second-order valence-electron chi connectivity index (χ2n) is 6.44. The molecule has 3 aromatic rings. The number of piperazine rings is 1. The van der Waals surface area contributed by atoms with Crippen molar-refractivity contribution in [1.82, 2.24) is 24.7 Å². The van der Waals surface area contributed by atoms with Gasteiger partial charge >= 0.3 is 0 Å². The highest BCUT2D eigenvalue weighted by molar-refractivity contribution is 7.27. The molecule has 27 heavy (non-hydrogen) atoms. The zero-order chi connectivity index (χ0) is 18.8. The minimum absolute atomic E-state index is 0.122. The Bertz CT molecular complexity index is 1030. The average Bonchev–Trinajstić information content (AvgIpc) is 3.17. The topological polar surface area (TPSA) is 66.6 Å². The van der Waals surface area contributed by atoms with Crippen LogP contribution in [-0.4, -0.2) is 56.8 Å². The van der Waals surface area contributed by atoms with E-state index in [1.807, 2.05) is 35.2 Å². The Morgan fingerprint density at radius 1 is 1.19 bits per heavy atom. The maximum Gasteiger partial charge on any atom is 0.227 e. The summed E-state index contributed by atoms with van der Waals surface area (Å²) in [7, 11) is 2.62. The lowest BCUT2D eigenvalue weighted by Gasteiger charge is -2.35. The van der Waals surface area contributed by atoms with Crippen molar-refractivity contribution in [2.75, 3.05) is 31.1 Å². The first-order valence-electron chi connectivity index (χ1n) is 8.69. The second kappa shape index (κ2) is 7.34. The highest BCUT2D eigenvalue weighted by atomic mass is 31.0. The number of hydrogen-bond acceptors (Lipinski definition) is 5. The van der Waals surface area contributed by atoms with E-state index < -0.39 is 0 Å². The third-order valence-electron chi connectivity index (χ3n) is 4.73. The van der Waals surface area contributed by atoms with Crippen LogP contribution in [0.1, 0.15) is 11.1 Å². The van der Waals surface area contributed by atoms with Crippen LogP contribution in [0.3, 0.4) is 0 Å². The van der Waals surface area contributed by atoms with E-state index in [2.05, 4.69) is 35.4 Å². The molecule has 1 saturated heterocycles. The number of hydrogen-bond donors (Lipinski definition) is 0. The first kappa shape index (κ1) is 17.4. The van der Waals surface area contributed by atoms with Gasteiger partial charge in [-0.3, -0.25) is 4.79 Å². The summed E-state index contributed by atoms with van der Waals surface area (Å²) in [5.74, 6) is 3.64. The number of carbonyl (C=O) groups is 1. The number of rotatable bonds is 3. The molecular weight excluding hydrogens is 359 g/mol. The second-order valence-corrected chi connectivity index (χ2v) is 7.06. The molecule has 8 heteroatoms. The van der Waals surface area contributed by atoms with Crippen LogP contribution in [0.5, 0.6) is 0 Å². The van der Waals surface area contributed by atoms with Gasteiger partial charge in [0.05, 0.1) is 6.42 Å². The number of nitrogens with zero attached hydrogens (tertiary/aromatic N) is 6. The SMILES string of the molecule is C#Cc1cc(CC(=O)N2CCN(c3ccc4nncn4n3)CC2)ccc1P. The molecule has 7 nitrogen and oxygen atoms in total. The number of anilines is 1. The van der Waals surface area contributed by atoms with Gasteiger partial charge in [-0.1, -0.05) is 18.1 Å². The fourth-order valence-electron chi connectivity index (χ4n) is 3.20. The van der Waals surface area contributed by atoms with E-state index in [1.54, 1.807) is 10.8 Å². The zero-order valence-corrected chi connectivity index (χ0v) is 15.9. The van der Waals surface area contributed by atoms with Crippen molar-refractivity contribution in [2.24, 2.45) is 0 Å². The smallest absolute Gasteiger partial charge is 0.227 e. The molecule has 1 aliphatic rings. The van der Waals surface area contributed by atoms with E-state index in [9.17, 15) is 4.79 Å². The Labute approximate surface area is 159 Å². The summed E-state index contributed by atoms with van der Waals surface area (Å²) in [5, 5.41) is 13.3. The quantitative estimate of drug-likeness (QED) is 0.491. The maximum atomic E-state index is 12.6. The molecule has 1 aliphatic heterocycles. The molecule has 1 amide bonds. The van der Waals surface area contributed by atoms with Crippen LogP contribution in [0.25, 0.3) is 5.65 Å². The van der Waals surface area contributed by atoms with Gasteiger partial charge in [-0.05, 0) is 29.1 Å². The number of aromatic nitrogens is 4. The molecule has 1 atom stereocenters. The largest absolute Gasteiger partial charge is 0.352 e. The lowest BCUT2D eigenvalue weighted by Crippen LogP contribution is -2.49. The Balaban J connectivity index is 1.38. The predicted octanol–water partition coefficient (Wildman–Crippen LogP) is 0.497. The van der Waals surface area contributed by atoms with E-state index in [0.717, 1.165) is 41.0 Å². The van der Waals surface area contributed by atoms with Gasteiger partial charge in [0, 0.05) is 31.7 Å². The predicted molar refractivity (Wildman–Crippen MR) is 107 cm³/mol. The molecule has 1 aromatic carbocycles. The lowest BCUT2D eigenvalue weighted by atomic mass is 10.1. The van der Waals surface area contributed by atoms with Gasteiger partial charge in [-0.15, -0.1) is 31.0 Å². The Morgan fingerprint density at radius 2 is 2.00 bits per heavy atom. The van der Waals surface area contributed by atoms with E-state index >= 15 is 0 Å². The molecular formula is C19H19N6OP. The summed E-state index contributed by atoms with van der Waals surface area (Å²) >= 11 is 0. The number of fused-ring (bicyclic) bond motifs is 1. The van der Waals surface area contributed by atoms with Crippen LogP contribution < -0.4 is 10.2 Å². The van der Waals surface area contributed by atoms with Crippen molar-refractivity contribution in [1.29, 1.82) is 0 Å². The fourth-order valence-corrected chi connectivity index (χ4v) is 3.46. The van der Waals surface area contributed by atoms with Crippen molar-refractivity contribution in [3.05, 3.63) is 47.8 Å². The summed E-state index contributed by atoms with van der Waals surface area (Å²) in [6.07, 6.45) is 7.46. The van der Waals surface area contributed by atoms with Crippen LogP contribution in [0, 0.1) is 12.3 Å². The lowest BCUT2D eigenvalue weighted by molar-refractivity contribution is -0.130. The van der Waals surface area contributed by atoms with E-state index in [4.69, 9.17) is 6.42 Å². The molecule has 0 N–H and O–H groups in total. The van der Waals surface area contributed by atoms with Crippen molar-refractivity contribution in [2.45, 2.75) is 6.42 Å². The number of amides is 1. The van der Waals surface area contributed by atoms with Crippen LogP contribution >= 0.6 is 9.24 Å². The molecule has 1 fully saturated rings. The number of benzene rings is 1. The third-order valence-corrected chi connectivity index (χ3v) is 5.24. The minimum Gasteiger partial charge on any atom is -0.352 e. The molecule has 3 heterocycles. The van der Waals surface area contributed by atoms with Gasteiger partial charge in [0.15, 0.2) is 5.65 Å². The van der Waals surface area contributed by atoms with Crippen LogP contribution in [0.15, 0.2) is 36.7 Å². The maximum absolute atomic E-state index is 12.6. The highest BCUT2D eigenvalue weighted by Gasteiger charge is 2.22. The normalized spacial score (nSPS) is 14.4. The van der Waals surface area contributed by atoms with Crippen molar-refractivity contribution < 1.29 is 4.79 Å². The molecule has 0 radical (unpaired) electrons. The molecule has 136 valence electrons. The summed E-state index contributed by atoms with van der Waals surface area (Å²) in [6, 6.07) is 9.64. The fraction of sp³-hybridized carbons (Fsp3) is 0.263. The monoisotopic (exact) mass is 378 g/mol. The Kier molecular flexibility index (Phi) is 4.74. The van der Waals surface area contributed by atoms with Gasteiger partial charge in [0.2, 0.25) is 5.91 Å². The van der Waals surface area contributed by atoms with E-state index in [1.165, 1.54) is 0 Å². The van der Waals surface area contributed by atoms with E-state index in [0.29, 0.717) is 19.5 Å². The first-order chi connectivity index (χ1) is 13.1. The molecule has 2 aromatic heterocycles. The zero-order valence-electron chi connectivity index (χ0n) is 14.7. The molecule has 1 unspecified atom stereocenters. The van der Waals surface area contributed by atoms with Crippen LogP contribution in [-0.2, 0) is 11.2 Å². The van der Waals surface area contributed by atoms with Gasteiger partial charge < -0.3 is 9.80 Å². The molecule has 0 spiro atoms. The van der Waals surface area contributed by atoms with Crippen molar-refractivity contribution in [3.8, 4) is 12.3 Å². The molecule has 0 bridgehead atoms. The van der Waals surface area contributed by atoms with Crippen LogP contribution in [0.2, 0.25) is 0 Å². The third kappa shape index (κ3) is 3.62. The standard InChI is InChI=1S/C19H19N6OP/c1-2-15-11-14(3-4-16(15)27)12-19(26)24-9-7-23(8-10-24)18-6-5-17-21-20-13-25(17)22-18/h1,3-6,11,13H,7-10,12,27H2. The Morgan fingerprint density at radius 3 is 2.78 bits per heavy atom. The number of terminal acetylenes is 1. The molecule has 0 aliphatic carbocycles. The van der Waals surface area contributed by atoms with Gasteiger partial charge in [-0.2, -0.15) is 4.52 Å². The van der Waals surface area contributed by atoms with E-state index in [-0.39, 0.29) is 5.91 Å². The average molecular weight is 378 g/mol. The summed E-state index contributed by atoms with van der Waals surface area (Å²) < 4.78 is 1.66. The summed E-state index contributed by atoms with van der Waals surface area (Å²) in [6.45, 7) is 2.83. The molecule has 0 saturated carbocycles. The van der Waals surface area contributed by atoms with Gasteiger partial charge in [-0.25, -0.2) is 0 Å². The summed E-state index contributed by atoms with van der Waals surface area (Å²) in [4.78, 5) is 16.7. The van der Waals surface area contributed by atoms with Gasteiger partial charge in [0.1, 0.15) is 12.1 Å². The van der Waals surface area contributed by atoms with Gasteiger partial charge in [0.25, 0.3) is 0 Å². The molecule has 4 rings (SSSR count). The van der Waals surface area contributed by atoms with Crippen LogP contribution in [0.4, 0.5) is 5.82 Å².